The summed E-state index contributed by atoms with van der Waals surface area (Å²) >= 11 is 0. The Labute approximate surface area is 140 Å². The predicted octanol–water partition coefficient (Wildman–Crippen LogP) is 1.64. The summed E-state index contributed by atoms with van der Waals surface area (Å²) in [6.07, 6.45) is 6.60. The number of rotatable bonds is 4. The van der Waals surface area contributed by atoms with Crippen molar-refractivity contribution in [3.8, 4) is 11.4 Å². The summed E-state index contributed by atoms with van der Waals surface area (Å²) in [7, 11) is 1.78. The van der Waals surface area contributed by atoms with Crippen LogP contribution in [0, 0.1) is 0 Å². The van der Waals surface area contributed by atoms with Gasteiger partial charge in [-0.15, -0.1) is 0 Å². The van der Waals surface area contributed by atoms with Crippen LogP contribution in [-0.2, 0) is 11.3 Å². The van der Waals surface area contributed by atoms with Crippen LogP contribution in [0.2, 0.25) is 0 Å². The molecular weight excluding hydrogens is 308 g/mol. The number of ether oxygens (including phenoxy) is 1. The molecule has 24 heavy (non-hydrogen) atoms. The van der Waals surface area contributed by atoms with E-state index in [4.69, 9.17) is 9.26 Å². The first-order valence-corrected chi connectivity index (χ1v) is 8.40. The van der Waals surface area contributed by atoms with Crippen molar-refractivity contribution in [2.45, 2.75) is 50.0 Å². The topological polar surface area (TPSA) is 84.5 Å². The van der Waals surface area contributed by atoms with Gasteiger partial charge in [0.25, 0.3) is 0 Å². The summed E-state index contributed by atoms with van der Waals surface area (Å²) in [6.45, 7) is 1.49. The van der Waals surface area contributed by atoms with Gasteiger partial charge in [0.15, 0.2) is 0 Å². The second-order valence-corrected chi connectivity index (χ2v) is 6.69. The number of hydrogen-bond acceptors (Lipinski definition) is 7. The maximum absolute atomic E-state index is 10.1. The van der Waals surface area contributed by atoms with Crippen molar-refractivity contribution in [3.05, 3.63) is 30.4 Å². The molecule has 0 radical (unpaired) electrons. The summed E-state index contributed by atoms with van der Waals surface area (Å²) in [5, 5.41) is 14.1. The van der Waals surface area contributed by atoms with Crippen LogP contribution >= 0.6 is 0 Å². The van der Waals surface area contributed by atoms with E-state index in [-0.39, 0.29) is 17.7 Å². The number of methoxy groups -OCH3 is 1. The van der Waals surface area contributed by atoms with E-state index in [0.29, 0.717) is 18.3 Å². The van der Waals surface area contributed by atoms with E-state index in [9.17, 15) is 5.11 Å². The van der Waals surface area contributed by atoms with E-state index in [2.05, 4.69) is 20.0 Å². The Hall–Kier alpha value is -1.83. The molecule has 128 valence electrons. The first kappa shape index (κ1) is 15.7. The van der Waals surface area contributed by atoms with Gasteiger partial charge in [-0.2, -0.15) is 4.98 Å². The highest BCUT2D eigenvalue weighted by atomic mass is 16.5. The van der Waals surface area contributed by atoms with Gasteiger partial charge in [-0.3, -0.25) is 9.88 Å². The fourth-order valence-electron chi connectivity index (χ4n) is 4.06. The van der Waals surface area contributed by atoms with E-state index < -0.39 is 0 Å². The zero-order valence-electron chi connectivity index (χ0n) is 13.8. The summed E-state index contributed by atoms with van der Waals surface area (Å²) in [4.78, 5) is 10.9. The maximum Gasteiger partial charge on any atom is 0.241 e. The molecule has 0 aromatic carbocycles. The summed E-state index contributed by atoms with van der Waals surface area (Å²) < 4.78 is 11.3. The largest absolute Gasteiger partial charge is 0.393 e. The fourth-order valence-corrected chi connectivity index (χ4v) is 4.06. The van der Waals surface area contributed by atoms with Gasteiger partial charge in [-0.1, -0.05) is 5.16 Å². The lowest BCUT2D eigenvalue weighted by Crippen LogP contribution is -2.51. The van der Waals surface area contributed by atoms with Gasteiger partial charge in [0, 0.05) is 37.7 Å². The van der Waals surface area contributed by atoms with Gasteiger partial charge in [0.2, 0.25) is 11.7 Å². The van der Waals surface area contributed by atoms with Crippen LogP contribution < -0.4 is 0 Å². The molecule has 0 spiro atoms. The molecule has 7 heteroatoms. The van der Waals surface area contributed by atoms with Crippen molar-refractivity contribution in [2.75, 3.05) is 13.7 Å². The number of aromatic nitrogens is 3. The quantitative estimate of drug-likeness (QED) is 0.912. The fraction of sp³-hybridized carbons (Fsp3) is 0.588. The molecule has 2 aromatic rings. The minimum atomic E-state index is -0.257. The van der Waals surface area contributed by atoms with Crippen LogP contribution in [0.1, 0.15) is 31.6 Å². The third-order valence-electron chi connectivity index (χ3n) is 5.40. The van der Waals surface area contributed by atoms with Crippen LogP contribution in [-0.4, -0.2) is 56.5 Å². The summed E-state index contributed by atoms with van der Waals surface area (Å²) in [5.41, 5.74) is 0.694. The van der Waals surface area contributed by atoms with Crippen LogP contribution in [0.5, 0.6) is 0 Å². The SMILES string of the molecule is CO[C@]12CC[C@H](O)C[C@H]1N(Cc1nc(-c3cccnc3)no1)CC2. The molecule has 1 saturated heterocycles. The number of pyridine rings is 1. The second kappa shape index (κ2) is 6.23. The Morgan fingerprint density at radius 1 is 1.46 bits per heavy atom. The Kier molecular flexibility index (Phi) is 4.07. The molecule has 2 aromatic heterocycles. The van der Waals surface area contributed by atoms with E-state index in [1.54, 1.807) is 19.5 Å². The molecule has 1 N–H and O–H groups in total. The molecule has 2 aliphatic rings. The molecule has 2 fully saturated rings. The van der Waals surface area contributed by atoms with Crippen LogP contribution in [0.4, 0.5) is 0 Å². The van der Waals surface area contributed by atoms with Crippen molar-refractivity contribution >= 4 is 0 Å². The lowest BCUT2D eigenvalue weighted by atomic mass is 9.79. The van der Waals surface area contributed by atoms with E-state index in [1.807, 2.05) is 12.1 Å². The van der Waals surface area contributed by atoms with Crippen molar-refractivity contribution in [1.29, 1.82) is 0 Å². The third-order valence-corrected chi connectivity index (χ3v) is 5.40. The number of likely N-dealkylation sites (tertiary alicyclic amines) is 1. The summed E-state index contributed by atoms with van der Waals surface area (Å²) in [6, 6.07) is 3.95. The smallest absolute Gasteiger partial charge is 0.241 e. The minimum absolute atomic E-state index is 0.147. The standard InChI is InChI=1S/C17H22N4O3/c1-23-17-5-4-13(22)9-14(17)21(8-6-17)11-15-19-16(20-24-15)12-3-2-7-18-10-12/h2-3,7,10,13-14,22H,4-6,8-9,11H2,1H3/t13-,14+,17-/m0/s1. The van der Waals surface area contributed by atoms with Crippen LogP contribution in [0.3, 0.4) is 0 Å². The number of nitrogens with zero attached hydrogens (tertiary/aromatic N) is 4. The molecular formula is C17H22N4O3. The summed E-state index contributed by atoms with van der Waals surface area (Å²) in [5.74, 6) is 1.14. The highest BCUT2D eigenvalue weighted by Crippen LogP contribution is 2.42. The molecule has 3 heterocycles. The molecule has 1 saturated carbocycles. The first-order chi connectivity index (χ1) is 11.7. The lowest BCUT2D eigenvalue weighted by Gasteiger charge is -2.42. The Bertz CT molecular complexity index is 692. The zero-order valence-corrected chi connectivity index (χ0v) is 13.8. The highest BCUT2D eigenvalue weighted by molar-refractivity contribution is 5.51. The van der Waals surface area contributed by atoms with E-state index in [1.165, 1.54) is 0 Å². The molecule has 0 bridgehead atoms. The maximum atomic E-state index is 10.1. The zero-order chi connectivity index (χ0) is 16.6. The Morgan fingerprint density at radius 2 is 2.38 bits per heavy atom. The normalized spacial score (nSPS) is 30.4. The van der Waals surface area contributed by atoms with Gasteiger partial charge < -0.3 is 14.4 Å². The number of aliphatic hydroxyl groups excluding tert-OH is 1. The Balaban J connectivity index is 1.51. The Morgan fingerprint density at radius 3 is 3.17 bits per heavy atom. The number of hydrogen-bond donors (Lipinski definition) is 1. The third kappa shape index (κ3) is 2.72. The van der Waals surface area contributed by atoms with Gasteiger partial charge in [-0.05, 0) is 37.8 Å². The van der Waals surface area contributed by atoms with Gasteiger partial charge >= 0.3 is 0 Å². The van der Waals surface area contributed by atoms with Crippen molar-refractivity contribution in [2.24, 2.45) is 0 Å². The molecule has 1 aliphatic carbocycles. The molecule has 4 rings (SSSR count). The average molecular weight is 330 g/mol. The van der Waals surface area contributed by atoms with Gasteiger partial charge in [0.05, 0.1) is 18.2 Å². The molecule has 7 nitrogen and oxygen atoms in total. The monoisotopic (exact) mass is 330 g/mol. The first-order valence-electron chi connectivity index (χ1n) is 8.40. The van der Waals surface area contributed by atoms with Crippen molar-refractivity contribution in [3.63, 3.8) is 0 Å². The lowest BCUT2D eigenvalue weighted by molar-refractivity contribution is -0.0887. The van der Waals surface area contributed by atoms with Crippen molar-refractivity contribution < 1.29 is 14.4 Å². The second-order valence-electron chi connectivity index (χ2n) is 6.69. The van der Waals surface area contributed by atoms with Gasteiger partial charge in [0.1, 0.15) is 0 Å². The van der Waals surface area contributed by atoms with Crippen LogP contribution in [0.15, 0.2) is 29.0 Å². The molecule has 0 unspecified atom stereocenters. The molecule has 3 atom stereocenters. The molecule has 1 aliphatic heterocycles. The van der Waals surface area contributed by atoms with E-state index in [0.717, 1.165) is 37.8 Å². The van der Waals surface area contributed by atoms with Crippen molar-refractivity contribution in [1.82, 2.24) is 20.0 Å². The average Bonchev–Trinajstić information content (AvgIpc) is 3.22. The van der Waals surface area contributed by atoms with E-state index >= 15 is 0 Å². The number of fused-ring (bicyclic) bond motifs is 1. The predicted molar refractivity (Wildman–Crippen MR) is 85.9 cm³/mol. The molecule has 0 amide bonds. The number of aliphatic hydroxyl groups is 1. The van der Waals surface area contributed by atoms with Gasteiger partial charge in [-0.25, -0.2) is 0 Å². The minimum Gasteiger partial charge on any atom is -0.393 e. The highest BCUT2D eigenvalue weighted by Gasteiger charge is 2.50. The van der Waals surface area contributed by atoms with Crippen LogP contribution in [0.25, 0.3) is 11.4 Å².